The van der Waals surface area contributed by atoms with Crippen LogP contribution in [0.4, 0.5) is 0 Å². The first kappa shape index (κ1) is 15.8. The molecule has 2 heterocycles. The lowest BCUT2D eigenvalue weighted by Gasteiger charge is -2.14. The van der Waals surface area contributed by atoms with Crippen LogP contribution < -0.4 is 0 Å². The van der Waals surface area contributed by atoms with E-state index in [9.17, 15) is 0 Å². The second-order valence-electron chi connectivity index (χ2n) is 4.02. The first-order valence-electron chi connectivity index (χ1n) is 5.79. The quantitative estimate of drug-likeness (QED) is 0.771. The van der Waals surface area contributed by atoms with Crippen molar-refractivity contribution in [1.29, 1.82) is 0 Å². The maximum absolute atomic E-state index is 6.22. The molecule has 0 unspecified atom stereocenters. The maximum atomic E-state index is 6.22. The highest BCUT2D eigenvalue weighted by Gasteiger charge is 2.20. The molecule has 1 aliphatic rings. The smallest absolute Gasteiger partial charge is 0.191 e. The van der Waals surface area contributed by atoms with Crippen LogP contribution in [0.2, 0.25) is 10.0 Å². The van der Waals surface area contributed by atoms with Gasteiger partial charge in [0.2, 0.25) is 5.16 Å². The summed E-state index contributed by atoms with van der Waals surface area (Å²) in [5.41, 5.74) is 1.81. The molecule has 0 spiro atoms. The van der Waals surface area contributed by atoms with Crippen molar-refractivity contribution in [3.8, 4) is 0 Å². The summed E-state index contributed by atoms with van der Waals surface area (Å²) in [5, 5.41) is 14.9. The summed E-state index contributed by atoms with van der Waals surface area (Å²) in [6, 6.07) is 5.44. The fraction of sp³-hybridized carbons (Fsp3) is 0.250. The van der Waals surface area contributed by atoms with Crippen LogP contribution in [0.1, 0.15) is 18.3 Å². The molecule has 3 rings (SSSR count). The molecule has 1 aliphatic heterocycles. The van der Waals surface area contributed by atoms with E-state index in [1.165, 1.54) is 0 Å². The van der Waals surface area contributed by atoms with Crippen molar-refractivity contribution in [2.45, 2.75) is 18.5 Å². The minimum Gasteiger partial charge on any atom is -0.191 e. The number of aryl methyl sites for hydroxylation is 1. The highest BCUT2D eigenvalue weighted by atomic mass is 79.9. The molecule has 0 fully saturated rings. The van der Waals surface area contributed by atoms with Crippen LogP contribution in [0, 0.1) is 0 Å². The summed E-state index contributed by atoms with van der Waals surface area (Å²) in [6.07, 6.45) is 0.790. The number of hydrogen-bond donors (Lipinski definition) is 0. The molecule has 1 aromatic heterocycles. The van der Waals surface area contributed by atoms with Crippen molar-refractivity contribution in [3.63, 3.8) is 0 Å². The third kappa shape index (κ3) is 2.88. The first-order chi connectivity index (χ1) is 9.19. The lowest BCUT2D eigenvalue weighted by Crippen LogP contribution is -2.14. The molecule has 0 bridgehead atoms. The predicted octanol–water partition coefficient (Wildman–Crippen LogP) is 4.08. The summed E-state index contributed by atoms with van der Waals surface area (Å²) in [7, 11) is 0. The highest BCUT2D eigenvalue weighted by Crippen LogP contribution is 2.28. The molecule has 0 amide bonds. The Balaban J connectivity index is 0.00000147. The third-order valence-electron chi connectivity index (χ3n) is 2.79. The topological polar surface area (TPSA) is 43.1 Å². The van der Waals surface area contributed by atoms with E-state index in [0.717, 1.165) is 34.4 Å². The normalized spacial score (nSPS) is 13.4. The van der Waals surface area contributed by atoms with E-state index >= 15 is 0 Å². The molecule has 1 aromatic carbocycles. The Labute approximate surface area is 141 Å². The Hall–Kier alpha value is -0.560. The standard InChI is InChI=1S/C12H10Cl2N4S.BrH/c1-2-11-15-16-12-18(11)17-10(6-19-12)8-4-3-7(13)5-9(8)14;/h3-5H,2,6H2,1H3;1H. The molecule has 2 aromatic rings. The third-order valence-corrected chi connectivity index (χ3v) is 4.27. The van der Waals surface area contributed by atoms with E-state index in [0.29, 0.717) is 10.0 Å². The molecule has 0 saturated heterocycles. The van der Waals surface area contributed by atoms with E-state index < -0.39 is 0 Å². The molecule has 0 saturated carbocycles. The van der Waals surface area contributed by atoms with Crippen molar-refractivity contribution in [2.24, 2.45) is 5.10 Å². The van der Waals surface area contributed by atoms with E-state index in [2.05, 4.69) is 15.3 Å². The van der Waals surface area contributed by atoms with Gasteiger partial charge in [0.05, 0.1) is 10.7 Å². The Morgan fingerprint density at radius 3 is 2.80 bits per heavy atom. The van der Waals surface area contributed by atoms with Gasteiger partial charge in [-0.3, -0.25) is 0 Å². The number of rotatable bonds is 2. The zero-order valence-electron chi connectivity index (χ0n) is 10.5. The number of benzene rings is 1. The predicted molar refractivity (Wildman–Crippen MR) is 88.8 cm³/mol. The Kier molecular flexibility index (Phi) is 5.12. The summed E-state index contributed by atoms with van der Waals surface area (Å²) in [6.45, 7) is 2.03. The molecule has 0 N–H and O–H groups in total. The lowest BCUT2D eigenvalue weighted by atomic mass is 10.1. The van der Waals surface area contributed by atoms with Crippen molar-refractivity contribution in [2.75, 3.05) is 5.75 Å². The monoisotopic (exact) mass is 392 g/mol. The van der Waals surface area contributed by atoms with Gasteiger partial charge < -0.3 is 0 Å². The molecule has 0 atom stereocenters. The van der Waals surface area contributed by atoms with Crippen molar-refractivity contribution >= 4 is 57.7 Å². The largest absolute Gasteiger partial charge is 0.212 e. The second-order valence-corrected chi connectivity index (χ2v) is 5.81. The molecule has 106 valence electrons. The van der Waals surface area contributed by atoms with Crippen LogP contribution in [0.3, 0.4) is 0 Å². The van der Waals surface area contributed by atoms with Gasteiger partial charge in [0.15, 0.2) is 5.82 Å². The number of hydrogen-bond acceptors (Lipinski definition) is 4. The van der Waals surface area contributed by atoms with Crippen LogP contribution in [0.5, 0.6) is 0 Å². The lowest BCUT2D eigenvalue weighted by molar-refractivity contribution is 0.714. The molecular weight excluding hydrogens is 383 g/mol. The number of halogens is 3. The summed E-state index contributed by atoms with van der Waals surface area (Å²) < 4.78 is 1.79. The molecule has 20 heavy (non-hydrogen) atoms. The highest BCUT2D eigenvalue weighted by molar-refractivity contribution is 8.93. The van der Waals surface area contributed by atoms with Gasteiger partial charge >= 0.3 is 0 Å². The molecule has 0 aliphatic carbocycles. The van der Waals surface area contributed by atoms with E-state index in [1.807, 2.05) is 19.1 Å². The van der Waals surface area contributed by atoms with E-state index in [1.54, 1.807) is 22.5 Å². The van der Waals surface area contributed by atoms with Crippen molar-refractivity contribution in [1.82, 2.24) is 14.9 Å². The summed E-state index contributed by atoms with van der Waals surface area (Å²) >= 11 is 13.7. The van der Waals surface area contributed by atoms with Gasteiger partial charge in [-0.25, -0.2) is 0 Å². The zero-order chi connectivity index (χ0) is 13.4. The minimum atomic E-state index is 0. The Morgan fingerprint density at radius 1 is 1.30 bits per heavy atom. The van der Waals surface area contributed by atoms with Gasteiger partial charge in [-0.15, -0.1) is 27.2 Å². The van der Waals surface area contributed by atoms with Gasteiger partial charge in [-0.1, -0.05) is 48.0 Å². The summed E-state index contributed by atoms with van der Waals surface area (Å²) in [4.78, 5) is 0. The average molecular weight is 394 g/mol. The fourth-order valence-corrected chi connectivity index (χ4v) is 3.21. The van der Waals surface area contributed by atoms with Crippen LogP contribution >= 0.6 is 51.9 Å². The maximum Gasteiger partial charge on any atom is 0.212 e. The zero-order valence-corrected chi connectivity index (χ0v) is 14.5. The van der Waals surface area contributed by atoms with Gasteiger partial charge in [0, 0.05) is 22.8 Å². The minimum absolute atomic E-state index is 0. The van der Waals surface area contributed by atoms with Crippen molar-refractivity contribution in [3.05, 3.63) is 39.6 Å². The van der Waals surface area contributed by atoms with Crippen molar-refractivity contribution < 1.29 is 0 Å². The Bertz CT molecular complexity index is 671. The van der Waals surface area contributed by atoms with Crippen LogP contribution in [0.15, 0.2) is 28.5 Å². The number of fused-ring (bicyclic) bond motifs is 1. The number of aromatic nitrogens is 3. The van der Waals surface area contributed by atoms with E-state index in [4.69, 9.17) is 23.2 Å². The van der Waals surface area contributed by atoms with Gasteiger partial charge in [-0.2, -0.15) is 9.78 Å². The van der Waals surface area contributed by atoms with Gasteiger partial charge in [0.1, 0.15) is 0 Å². The van der Waals surface area contributed by atoms with Gasteiger partial charge in [0.25, 0.3) is 0 Å². The van der Waals surface area contributed by atoms with Crippen LogP contribution in [-0.4, -0.2) is 26.3 Å². The van der Waals surface area contributed by atoms with Crippen LogP contribution in [-0.2, 0) is 6.42 Å². The Morgan fingerprint density at radius 2 is 2.10 bits per heavy atom. The van der Waals surface area contributed by atoms with Crippen LogP contribution in [0.25, 0.3) is 0 Å². The average Bonchev–Trinajstić information content (AvgIpc) is 2.80. The molecule has 8 heteroatoms. The van der Waals surface area contributed by atoms with Gasteiger partial charge in [-0.05, 0) is 12.1 Å². The molecule has 4 nitrogen and oxygen atoms in total. The summed E-state index contributed by atoms with van der Waals surface area (Å²) in [5.74, 6) is 1.58. The number of thioether (sulfide) groups is 1. The SMILES string of the molecule is Br.CCc1nnc2n1N=C(c1ccc(Cl)cc1Cl)CS2. The van der Waals surface area contributed by atoms with E-state index in [-0.39, 0.29) is 17.0 Å². The number of nitrogens with zero attached hydrogens (tertiary/aromatic N) is 4. The second kappa shape index (κ2) is 6.47. The molecule has 0 radical (unpaired) electrons. The first-order valence-corrected chi connectivity index (χ1v) is 7.53. The molecular formula is C12H11BrCl2N4S. The fourth-order valence-electron chi connectivity index (χ4n) is 1.84.